The average molecular weight is 514 g/mol. The third-order valence-electron chi connectivity index (χ3n) is 4.46. The Morgan fingerprint density at radius 2 is 1.71 bits per heavy atom. The minimum atomic E-state index is -4.73. The predicted molar refractivity (Wildman–Crippen MR) is 120 cm³/mol. The van der Waals surface area contributed by atoms with Crippen molar-refractivity contribution in [3.8, 4) is 0 Å². The number of rotatable bonds is 7. The summed E-state index contributed by atoms with van der Waals surface area (Å²) >= 11 is 5.87. The first-order valence-electron chi connectivity index (χ1n) is 9.51. The molecule has 0 spiro atoms. The number of hydrazone groups is 1. The van der Waals surface area contributed by atoms with Crippen molar-refractivity contribution in [2.45, 2.75) is 11.1 Å². The highest BCUT2D eigenvalue weighted by Crippen LogP contribution is 2.33. The molecule has 0 heterocycles. The van der Waals surface area contributed by atoms with Gasteiger partial charge in [-0.2, -0.15) is 18.3 Å². The number of nitrogens with one attached hydrogen (secondary N) is 1. The molecule has 34 heavy (non-hydrogen) atoms. The van der Waals surface area contributed by atoms with E-state index in [0.29, 0.717) is 10.4 Å². The SMILES string of the molecule is O=C(CN(c1cccc(C(F)(F)F)c1)S(=O)(=O)c1ccccc1)N/N=C\c1c(F)cccc1Cl. The van der Waals surface area contributed by atoms with E-state index in [2.05, 4.69) is 5.10 Å². The summed E-state index contributed by atoms with van der Waals surface area (Å²) in [5.41, 5.74) is 0.445. The lowest BCUT2D eigenvalue weighted by molar-refractivity contribution is -0.137. The number of halogens is 5. The molecule has 0 aliphatic rings. The molecule has 3 rings (SSSR count). The van der Waals surface area contributed by atoms with Crippen molar-refractivity contribution in [3.63, 3.8) is 0 Å². The van der Waals surface area contributed by atoms with Gasteiger partial charge in [-0.25, -0.2) is 18.2 Å². The number of carbonyl (C=O) groups is 1. The van der Waals surface area contributed by atoms with Crippen molar-refractivity contribution in [3.05, 3.63) is 94.8 Å². The van der Waals surface area contributed by atoms with E-state index in [1.807, 2.05) is 5.43 Å². The second kappa shape index (κ2) is 10.2. The fraction of sp³-hybridized carbons (Fsp3) is 0.0909. The van der Waals surface area contributed by atoms with Gasteiger partial charge in [-0.1, -0.05) is 41.9 Å². The molecule has 0 radical (unpaired) electrons. The molecule has 1 amide bonds. The Balaban J connectivity index is 1.92. The Morgan fingerprint density at radius 3 is 2.35 bits per heavy atom. The minimum Gasteiger partial charge on any atom is -0.271 e. The van der Waals surface area contributed by atoms with Crippen LogP contribution in [0.2, 0.25) is 5.02 Å². The molecule has 0 aliphatic heterocycles. The zero-order valence-electron chi connectivity index (χ0n) is 17.1. The number of hydrogen-bond acceptors (Lipinski definition) is 4. The van der Waals surface area contributed by atoms with E-state index in [-0.39, 0.29) is 21.2 Å². The molecule has 0 saturated heterocycles. The Morgan fingerprint density at radius 1 is 1.03 bits per heavy atom. The van der Waals surface area contributed by atoms with Crippen LogP contribution in [0.5, 0.6) is 0 Å². The molecule has 0 aromatic heterocycles. The number of nitrogens with zero attached hydrogens (tertiary/aromatic N) is 2. The van der Waals surface area contributed by atoms with Gasteiger partial charge >= 0.3 is 6.18 Å². The van der Waals surface area contributed by atoms with E-state index in [4.69, 9.17) is 11.6 Å². The standard InChI is InChI=1S/C22H16ClF4N3O3S/c23-19-10-5-11-20(24)18(19)13-28-29-21(31)14-30(34(32,33)17-8-2-1-3-9-17)16-7-4-6-15(12-16)22(25,26)27/h1-13H,14H2,(H,29,31)/b28-13-. The molecule has 0 bridgehead atoms. The lowest BCUT2D eigenvalue weighted by Gasteiger charge is -2.24. The van der Waals surface area contributed by atoms with Gasteiger partial charge in [-0.05, 0) is 42.5 Å². The quantitative estimate of drug-likeness (QED) is 0.279. The first-order chi connectivity index (χ1) is 16.0. The summed E-state index contributed by atoms with van der Waals surface area (Å²) in [7, 11) is -4.43. The number of hydrogen-bond donors (Lipinski definition) is 1. The maximum atomic E-state index is 13.8. The zero-order chi connectivity index (χ0) is 24.9. The smallest absolute Gasteiger partial charge is 0.271 e. The molecule has 0 unspecified atom stereocenters. The largest absolute Gasteiger partial charge is 0.416 e. The van der Waals surface area contributed by atoms with Crippen LogP contribution in [0.1, 0.15) is 11.1 Å². The summed E-state index contributed by atoms with van der Waals surface area (Å²) in [5.74, 6) is -1.69. The highest BCUT2D eigenvalue weighted by atomic mass is 35.5. The van der Waals surface area contributed by atoms with Crippen molar-refractivity contribution in [2.75, 3.05) is 10.8 Å². The van der Waals surface area contributed by atoms with Crippen LogP contribution >= 0.6 is 11.6 Å². The maximum Gasteiger partial charge on any atom is 0.416 e. The predicted octanol–water partition coefficient (Wildman–Crippen LogP) is 4.84. The molecule has 178 valence electrons. The highest BCUT2D eigenvalue weighted by molar-refractivity contribution is 7.92. The first-order valence-corrected chi connectivity index (χ1v) is 11.3. The first kappa shape index (κ1) is 25.2. The van der Waals surface area contributed by atoms with Crippen LogP contribution in [0, 0.1) is 5.82 Å². The van der Waals surface area contributed by atoms with Crippen molar-refractivity contribution in [1.82, 2.24) is 5.43 Å². The molecule has 0 aliphatic carbocycles. The molecule has 0 fully saturated rings. The van der Waals surface area contributed by atoms with Crippen molar-refractivity contribution >= 4 is 39.4 Å². The van der Waals surface area contributed by atoms with Crippen LogP contribution in [0.3, 0.4) is 0 Å². The van der Waals surface area contributed by atoms with Gasteiger partial charge in [0.2, 0.25) is 0 Å². The van der Waals surface area contributed by atoms with Crippen molar-refractivity contribution in [2.24, 2.45) is 5.10 Å². The van der Waals surface area contributed by atoms with E-state index < -0.39 is 40.0 Å². The molecule has 0 atom stereocenters. The Bertz CT molecular complexity index is 1300. The lowest BCUT2D eigenvalue weighted by Crippen LogP contribution is -2.39. The third kappa shape index (κ3) is 5.91. The summed E-state index contributed by atoms with van der Waals surface area (Å²) in [6, 6.07) is 14.4. The Hall–Kier alpha value is -3.44. The highest BCUT2D eigenvalue weighted by Gasteiger charge is 2.33. The van der Waals surface area contributed by atoms with E-state index in [1.54, 1.807) is 6.07 Å². The van der Waals surface area contributed by atoms with Gasteiger partial charge in [0, 0.05) is 5.56 Å². The van der Waals surface area contributed by atoms with Crippen LogP contribution in [-0.4, -0.2) is 27.1 Å². The monoisotopic (exact) mass is 513 g/mol. The molecule has 1 N–H and O–H groups in total. The summed E-state index contributed by atoms with van der Waals surface area (Å²) in [5, 5.41) is 3.59. The van der Waals surface area contributed by atoms with Crippen LogP contribution < -0.4 is 9.73 Å². The van der Waals surface area contributed by atoms with Gasteiger partial charge in [-0.15, -0.1) is 0 Å². The van der Waals surface area contributed by atoms with E-state index in [9.17, 15) is 30.8 Å². The van der Waals surface area contributed by atoms with Crippen LogP contribution in [0.15, 0.2) is 82.8 Å². The number of anilines is 1. The zero-order valence-corrected chi connectivity index (χ0v) is 18.7. The van der Waals surface area contributed by atoms with Gasteiger partial charge in [0.25, 0.3) is 15.9 Å². The fourth-order valence-electron chi connectivity index (χ4n) is 2.84. The van der Waals surface area contributed by atoms with Crippen LogP contribution in [0.25, 0.3) is 0 Å². The van der Waals surface area contributed by atoms with Crippen molar-refractivity contribution in [1.29, 1.82) is 0 Å². The van der Waals surface area contributed by atoms with E-state index >= 15 is 0 Å². The maximum absolute atomic E-state index is 13.8. The summed E-state index contributed by atoms with van der Waals surface area (Å²) in [4.78, 5) is 12.2. The summed E-state index contributed by atoms with van der Waals surface area (Å²) in [6.45, 7) is -0.902. The fourth-order valence-corrected chi connectivity index (χ4v) is 4.49. The molecule has 6 nitrogen and oxygen atoms in total. The summed E-state index contributed by atoms with van der Waals surface area (Å²) in [6.07, 6.45) is -3.81. The van der Waals surface area contributed by atoms with E-state index in [0.717, 1.165) is 30.5 Å². The second-order valence-electron chi connectivity index (χ2n) is 6.80. The number of carbonyl (C=O) groups excluding carboxylic acids is 1. The normalized spacial score (nSPS) is 12.0. The Kier molecular flexibility index (Phi) is 7.57. The lowest BCUT2D eigenvalue weighted by atomic mass is 10.2. The van der Waals surface area contributed by atoms with Gasteiger partial charge in [0.15, 0.2) is 0 Å². The van der Waals surface area contributed by atoms with Crippen LogP contribution in [-0.2, 0) is 21.0 Å². The van der Waals surface area contributed by atoms with Gasteiger partial charge in [-0.3, -0.25) is 9.10 Å². The number of benzene rings is 3. The van der Waals surface area contributed by atoms with Crippen molar-refractivity contribution < 1.29 is 30.8 Å². The molecular weight excluding hydrogens is 498 g/mol. The van der Waals surface area contributed by atoms with E-state index in [1.165, 1.54) is 36.4 Å². The summed E-state index contributed by atoms with van der Waals surface area (Å²) < 4.78 is 80.3. The average Bonchev–Trinajstić information content (AvgIpc) is 2.79. The second-order valence-corrected chi connectivity index (χ2v) is 9.07. The van der Waals surface area contributed by atoms with Crippen LogP contribution in [0.4, 0.5) is 23.2 Å². The molecular formula is C22H16ClF4N3O3S. The van der Waals surface area contributed by atoms with Gasteiger partial charge in [0.05, 0.1) is 27.4 Å². The molecule has 0 saturated carbocycles. The molecule has 3 aromatic carbocycles. The third-order valence-corrected chi connectivity index (χ3v) is 6.58. The van der Waals surface area contributed by atoms with Gasteiger partial charge < -0.3 is 0 Å². The topological polar surface area (TPSA) is 78.8 Å². The Labute approximate surface area is 197 Å². The molecule has 12 heteroatoms. The number of amides is 1. The number of sulfonamides is 1. The molecule has 3 aromatic rings. The number of alkyl halides is 3. The minimum absolute atomic E-state index is 0.0234. The van der Waals surface area contributed by atoms with Gasteiger partial charge in [0.1, 0.15) is 12.4 Å².